The third-order valence-corrected chi connectivity index (χ3v) is 7.65. The van der Waals surface area contributed by atoms with Crippen molar-refractivity contribution in [2.45, 2.75) is 70.7 Å². The number of hydrogen-bond acceptors (Lipinski definition) is 9. The van der Waals surface area contributed by atoms with E-state index in [1.54, 1.807) is 29.0 Å². The van der Waals surface area contributed by atoms with Crippen molar-refractivity contribution in [3.8, 4) is 0 Å². The molecule has 2 aliphatic heterocycles. The summed E-state index contributed by atoms with van der Waals surface area (Å²) in [7, 11) is 1.76. The number of hydrogen-bond donors (Lipinski definition) is 2. The van der Waals surface area contributed by atoms with Crippen molar-refractivity contribution >= 4 is 23.5 Å². The minimum atomic E-state index is -0.839. The Morgan fingerprint density at radius 1 is 1.18 bits per heavy atom. The topological polar surface area (TPSA) is 150 Å². The smallest absolute Gasteiger partial charge is 0.248 e. The van der Waals surface area contributed by atoms with Crippen LogP contribution in [0.15, 0.2) is 18.6 Å². The minimum Gasteiger partial charge on any atom is -0.391 e. The van der Waals surface area contributed by atoms with Gasteiger partial charge in [-0.15, -0.1) is 5.10 Å². The molecule has 210 valence electrons. The Morgan fingerprint density at radius 2 is 1.92 bits per heavy atom. The number of nitrogens with zero attached hydrogens (tertiary/aromatic N) is 8. The first-order valence-corrected chi connectivity index (χ1v) is 13.5. The second kappa shape index (κ2) is 10.5. The van der Waals surface area contributed by atoms with Crippen molar-refractivity contribution in [2.24, 2.45) is 5.41 Å². The number of carbonyl (C=O) groups is 3. The molecule has 3 atom stereocenters. The summed E-state index contributed by atoms with van der Waals surface area (Å²) in [6, 6.07) is -1.52. The standard InChI is InChI=1S/C26H37N9O4/c1-26(2,3)22(35-14-19(30-31-35)16-5-6-16)25(39)34-13-17(36)11-20(34)24(38)29-12-18-23(28-8-7-27-18)33-10-9-32(4)21(37)15-33/h7-8,14,16-17,20,22,36H,5-6,9-13,15H2,1-4H3,(H,29,38)/t17?,20?,22-/m1/s1. The van der Waals surface area contributed by atoms with Gasteiger partial charge in [-0.3, -0.25) is 19.4 Å². The number of likely N-dealkylation sites (tertiary alicyclic amines) is 1. The summed E-state index contributed by atoms with van der Waals surface area (Å²) in [5.74, 6) is 0.278. The molecule has 1 saturated carbocycles. The molecule has 0 radical (unpaired) electrons. The molecule has 2 aromatic rings. The van der Waals surface area contributed by atoms with Crippen LogP contribution in [0.1, 0.15) is 63.4 Å². The largest absolute Gasteiger partial charge is 0.391 e. The zero-order chi connectivity index (χ0) is 27.9. The van der Waals surface area contributed by atoms with E-state index in [0.29, 0.717) is 30.5 Å². The molecule has 2 aromatic heterocycles. The van der Waals surface area contributed by atoms with Gasteiger partial charge < -0.3 is 25.1 Å². The van der Waals surface area contributed by atoms with Gasteiger partial charge in [0.05, 0.1) is 24.9 Å². The highest BCUT2D eigenvalue weighted by Crippen LogP contribution is 2.40. The van der Waals surface area contributed by atoms with Gasteiger partial charge in [-0.05, 0) is 18.3 Å². The highest BCUT2D eigenvalue weighted by molar-refractivity contribution is 5.90. The third-order valence-electron chi connectivity index (χ3n) is 7.65. The molecule has 0 aromatic carbocycles. The number of aliphatic hydroxyl groups excluding tert-OH is 1. The van der Waals surface area contributed by atoms with Gasteiger partial charge in [-0.1, -0.05) is 26.0 Å². The van der Waals surface area contributed by atoms with Gasteiger partial charge in [0.1, 0.15) is 17.8 Å². The SMILES string of the molecule is CN1CCN(c2nccnc2CNC(=O)C2CC(O)CN2C(=O)[C@@H](n2cc(C3CC3)nn2)C(C)(C)C)CC1=O. The normalized spacial score (nSPS) is 22.8. The molecule has 1 aliphatic carbocycles. The summed E-state index contributed by atoms with van der Waals surface area (Å²) in [6.07, 6.45) is 6.41. The van der Waals surface area contributed by atoms with E-state index in [1.807, 2.05) is 31.9 Å². The Kier molecular flexibility index (Phi) is 7.27. The van der Waals surface area contributed by atoms with Crippen molar-refractivity contribution < 1.29 is 19.5 Å². The van der Waals surface area contributed by atoms with Crippen LogP contribution in [0.25, 0.3) is 0 Å². The number of amides is 3. The van der Waals surface area contributed by atoms with Crippen LogP contribution in [0.5, 0.6) is 0 Å². The molecule has 13 nitrogen and oxygen atoms in total. The fourth-order valence-electron chi connectivity index (χ4n) is 5.30. The van der Waals surface area contributed by atoms with Gasteiger partial charge in [0, 0.05) is 57.6 Å². The lowest BCUT2D eigenvalue weighted by Gasteiger charge is -2.34. The molecule has 3 amide bonds. The van der Waals surface area contributed by atoms with Crippen molar-refractivity contribution in [1.29, 1.82) is 0 Å². The maximum absolute atomic E-state index is 13.9. The van der Waals surface area contributed by atoms with E-state index in [2.05, 4.69) is 25.6 Å². The molecule has 39 heavy (non-hydrogen) atoms. The van der Waals surface area contributed by atoms with Crippen molar-refractivity contribution in [1.82, 2.24) is 40.1 Å². The fraction of sp³-hybridized carbons (Fsp3) is 0.654. The van der Waals surface area contributed by atoms with E-state index in [-0.39, 0.29) is 43.8 Å². The molecule has 0 bridgehead atoms. The highest BCUT2D eigenvalue weighted by atomic mass is 16.3. The van der Waals surface area contributed by atoms with Crippen LogP contribution < -0.4 is 10.2 Å². The Bertz CT molecular complexity index is 1240. The number of anilines is 1. The quantitative estimate of drug-likeness (QED) is 0.499. The number of carbonyl (C=O) groups excluding carboxylic acids is 3. The number of nitrogens with one attached hydrogen (secondary N) is 1. The van der Waals surface area contributed by atoms with Gasteiger partial charge in [0.2, 0.25) is 17.7 Å². The van der Waals surface area contributed by atoms with Gasteiger partial charge >= 0.3 is 0 Å². The lowest BCUT2D eigenvalue weighted by molar-refractivity contribution is -0.144. The van der Waals surface area contributed by atoms with E-state index in [4.69, 9.17) is 0 Å². The summed E-state index contributed by atoms with van der Waals surface area (Å²) in [5.41, 5.74) is 0.909. The molecule has 5 rings (SSSR count). The number of aliphatic hydroxyl groups is 1. The van der Waals surface area contributed by atoms with E-state index >= 15 is 0 Å². The van der Waals surface area contributed by atoms with Crippen LogP contribution in [0.2, 0.25) is 0 Å². The molecule has 3 fully saturated rings. The van der Waals surface area contributed by atoms with Crippen LogP contribution in [-0.4, -0.2) is 103 Å². The molecule has 2 saturated heterocycles. The molecule has 3 aliphatic rings. The molecular weight excluding hydrogens is 502 g/mol. The third kappa shape index (κ3) is 5.72. The predicted octanol–water partition coefficient (Wildman–Crippen LogP) is 0.0893. The lowest BCUT2D eigenvalue weighted by atomic mass is 9.85. The van der Waals surface area contributed by atoms with Gasteiger partial charge in [0.25, 0.3) is 0 Å². The van der Waals surface area contributed by atoms with Crippen molar-refractivity contribution in [2.75, 3.05) is 38.1 Å². The van der Waals surface area contributed by atoms with Crippen molar-refractivity contribution in [3.05, 3.63) is 30.0 Å². The molecule has 4 heterocycles. The van der Waals surface area contributed by atoms with Crippen molar-refractivity contribution in [3.63, 3.8) is 0 Å². The van der Waals surface area contributed by atoms with Crippen LogP contribution in [-0.2, 0) is 20.9 Å². The van der Waals surface area contributed by atoms with Gasteiger partial charge in [-0.25, -0.2) is 9.67 Å². The van der Waals surface area contributed by atoms with E-state index in [0.717, 1.165) is 18.5 Å². The average Bonchev–Trinajstić information content (AvgIpc) is 3.50. The summed E-state index contributed by atoms with van der Waals surface area (Å²) >= 11 is 0. The van der Waals surface area contributed by atoms with Gasteiger partial charge in [-0.2, -0.15) is 0 Å². The van der Waals surface area contributed by atoms with Crippen LogP contribution in [0.4, 0.5) is 5.82 Å². The number of piperazine rings is 1. The zero-order valence-corrected chi connectivity index (χ0v) is 22.9. The number of aromatic nitrogens is 5. The first-order chi connectivity index (χ1) is 18.5. The number of rotatable bonds is 7. The molecular formula is C26H37N9O4. The molecule has 0 spiro atoms. The van der Waals surface area contributed by atoms with E-state index in [9.17, 15) is 19.5 Å². The Morgan fingerprint density at radius 3 is 2.62 bits per heavy atom. The summed E-state index contributed by atoms with van der Waals surface area (Å²) < 4.78 is 1.61. The molecule has 13 heteroatoms. The maximum atomic E-state index is 13.9. The summed E-state index contributed by atoms with van der Waals surface area (Å²) in [5, 5.41) is 21.9. The molecule has 2 unspecified atom stereocenters. The first-order valence-electron chi connectivity index (χ1n) is 13.5. The molecule has 2 N–H and O–H groups in total. The summed E-state index contributed by atoms with van der Waals surface area (Å²) in [6.45, 7) is 7.36. The van der Waals surface area contributed by atoms with Crippen LogP contribution in [0, 0.1) is 5.41 Å². The number of β-amino-alcohol motifs (C(OH)–C–C–N with tert-alkyl or cyclic N) is 1. The predicted molar refractivity (Wildman–Crippen MR) is 140 cm³/mol. The lowest BCUT2D eigenvalue weighted by Crippen LogP contribution is -2.50. The number of likely N-dealkylation sites (N-methyl/N-ethyl adjacent to an activating group) is 1. The minimum absolute atomic E-state index is 0.0129. The Labute approximate surface area is 227 Å². The highest BCUT2D eigenvalue weighted by Gasteiger charge is 2.45. The van der Waals surface area contributed by atoms with E-state index < -0.39 is 23.6 Å². The van der Waals surface area contributed by atoms with Crippen LogP contribution in [0.3, 0.4) is 0 Å². The van der Waals surface area contributed by atoms with Crippen LogP contribution >= 0.6 is 0 Å². The zero-order valence-electron chi connectivity index (χ0n) is 22.9. The monoisotopic (exact) mass is 539 g/mol. The Hall–Kier alpha value is -3.61. The second-order valence-electron chi connectivity index (χ2n) is 11.8. The summed E-state index contributed by atoms with van der Waals surface area (Å²) in [4.78, 5) is 53.3. The average molecular weight is 540 g/mol. The first kappa shape index (κ1) is 27.0. The fourth-order valence-corrected chi connectivity index (χ4v) is 5.30. The maximum Gasteiger partial charge on any atom is 0.248 e. The van der Waals surface area contributed by atoms with E-state index in [1.165, 1.54) is 4.90 Å². The van der Waals surface area contributed by atoms with Gasteiger partial charge in [0.15, 0.2) is 5.82 Å². The second-order valence-corrected chi connectivity index (χ2v) is 11.8. The Balaban J connectivity index is 1.30.